The predicted molar refractivity (Wildman–Crippen MR) is 67.9 cm³/mol. The van der Waals surface area contributed by atoms with Crippen LogP contribution in [0, 0.1) is 11.8 Å². The predicted octanol–water partition coefficient (Wildman–Crippen LogP) is 2.70. The molecule has 0 radical (unpaired) electrons. The summed E-state index contributed by atoms with van der Waals surface area (Å²) in [5, 5.41) is 0. The van der Waals surface area contributed by atoms with Gasteiger partial charge in [0, 0.05) is 0 Å². The molecule has 2 atom stereocenters. The summed E-state index contributed by atoms with van der Waals surface area (Å²) in [4.78, 5) is 23.7. The van der Waals surface area contributed by atoms with Crippen LogP contribution in [0.15, 0.2) is 0 Å². The van der Waals surface area contributed by atoms with Crippen molar-refractivity contribution in [3.8, 4) is 0 Å². The first-order valence-corrected chi connectivity index (χ1v) is 6.86. The first-order chi connectivity index (χ1) is 8.58. The number of carbonyl (C=O) groups is 2. The Kier molecular flexibility index (Phi) is 6.16. The van der Waals surface area contributed by atoms with Gasteiger partial charge in [-0.3, -0.25) is 9.59 Å². The van der Waals surface area contributed by atoms with Crippen LogP contribution in [0.5, 0.6) is 0 Å². The second-order valence-electron chi connectivity index (χ2n) is 5.12. The Morgan fingerprint density at radius 1 is 1.22 bits per heavy atom. The van der Waals surface area contributed by atoms with Gasteiger partial charge in [-0.15, -0.1) is 0 Å². The van der Waals surface area contributed by atoms with Gasteiger partial charge in [0.15, 0.2) is 5.92 Å². The summed E-state index contributed by atoms with van der Waals surface area (Å²) in [6.45, 7) is 3.78. The van der Waals surface area contributed by atoms with Gasteiger partial charge in [0.05, 0.1) is 13.2 Å². The third-order valence-corrected chi connectivity index (χ3v) is 3.71. The number of rotatable bonds is 6. The summed E-state index contributed by atoms with van der Waals surface area (Å²) < 4.78 is 9.97. The standard InChI is InChI=1S/C14H24O4/c1-4-10(2)18-14(16)12(13(15)17-3)9-11-7-5-6-8-11/h10-12H,4-9H2,1-3H3. The lowest BCUT2D eigenvalue weighted by atomic mass is 9.93. The van der Waals surface area contributed by atoms with E-state index >= 15 is 0 Å². The maximum atomic E-state index is 12.0. The van der Waals surface area contributed by atoms with Crippen molar-refractivity contribution in [2.45, 2.75) is 58.5 Å². The van der Waals surface area contributed by atoms with E-state index in [-0.39, 0.29) is 6.10 Å². The van der Waals surface area contributed by atoms with Crippen LogP contribution >= 0.6 is 0 Å². The largest absolute Gasteiger partial charge is 0.468 e. The van der Waals surface area contributed by atoms with Gasteiger partial charge in [0.25, 0.3) is 0 Å². The topological polar surface area (TPSA) is 52.6 Å². The first-order valence-electron chi connectivity index (χ1n) is 6.86. The summed E-state index contributed by atoms with van der Waals surface area (Å²) in [5.74, 6) is -1.18. The zero-order chi connectivity index (χ0) is 13.5. The highest BCUT2D eigenvalue weighted by molar-refractivity contribution is 5.94. The molecule has 4 heteroatoms. The summed E-state index contributed by atoms with van der Waals surface area (Å²) in [7, 11) is 1.32. The average Bonchev–Trinajstić information content (AvgIpc) is 2.87. The molecule has 0 aromatic carbocycles. The fraction of sp³-hybridized carbons (Fsp3) is 0.857. The van der Waals surface area contributed by atoms with Crippen molar-refractivity contribution < 1.29 is 19.1 Å². The van der Waals surface area contributed by atoms with Crippen molar-refractivity contribution in [1.29, 1.82) is 0 Å². The molecular formula is C14H24O4. The minimum Gasteiger partial charge on any atom is -0.468 e. The van der Waals surface area contributed by atoms with E-state index in [4.69, 9.17) is 9.47 Å². The van der Waals surface area contributed by atoms with Gasteiger partial charge < -0.3 is 9.47 Å². The van der Waals surface area contributed by atoms with Crippen molar-refractivity contribution in [3.63, 3.8) is 0 Å². The summed E-state index contributed by atoms with van der Waals surface area (Å²) >= 11 is 0. The molecule has 0 aromatic rings. The molecule has 104 valence electrons. The van der Waals surface area contributed by atoms with Crippen LogP contribution in [0.1, 0.15) is 52.4 Å². The van der Waals surface area contributed by atoms with E-state index in [2.05, 4.69) is 0 Å². The molecule has 1 rings (SSSR count). The highest BCUT2D eigenvalue weighted by Crippen LogP contribution is 2.31. The first kappa shape index (κ1) is 15.0. The number of carbonyl (C=O) groups excluding carboxylic acids is 2. The Labute approximate surface area is 109 Å². The van der Waals surface area contributed by atoms with E-state index in [1.54, 1.807) is 0 Å². The lowest BCUT2D eigenvalue weighted by molar-refractivity contribution is -0.164. The third-order valence-electron chi connectivity index (χ3n) is 3.71. The average molecular weight is 256 g/mol. The molecule has 0 saturated heterocycles. The van der Waals surface area contributed by atoms with Gasteiger partial charge in [-0.2, -0.15) is 0 Å². The number of ether oxygens (including phenoxy) is 2. The minimum atomic E-state index is -0.743. The SMILES string of the molecule is CCC(C)OC(=O)C(CC1CCCC1)C(=O)OC. The lowest BCUT2D eigenvalue weighted by Crippen LogP contribution is -2.31. The third kappa shape index (κ3) is 4.31. The normalized spacial score (nSPS) is 19.3. The molecule has 0 heterocycles. The molecule has 4 nitrogen and oxygen atoms in total. The molecule has 0 aliphatic heterocycles. The van der Waals surface area contributed by atoms with Crippen LogP contribution in [-0.2, 0) is 19.1 Å². The maximum Gasteiger partial charge on any atom is 0.320 e. The smallest absolute Gasteiger partial charge is 0.320 e. The molecule has 18 heavy (non-hydrogen) atoms. The van der Waals surface area contributed by atoms with Crippen molar-refractivity contribution in [2.75, 3.05) is 7.11 Å². The van der Waals surface area contributed by atoms with E-state index in [0.29, 0.717) is 12.3 Å². The molecule has 1 fully saturated rings. The van der Waals surface area contributed by atoms with Crippen LogP contribution < -0.4 is 0 Å². The lowest BCUT2D eigenvalue weighted by Gasteiger charge is -2.19. The Bertz CT molecular complexity index is 282. The monoisotopic (exact) mass is 256 g/mol. The van der Waals surface area contributed by atoms with Crippen LogP contribution in [0.4, 0.5) is 0 Å². The fourth-order valence-electron chi connectivity index (χ4n) is 2.37. The molecule has 0 aromatic heterocycles. The zero-order valence-electron chi connectivity index (χ0n) is 11.6. The van der Waals surface area contributed by atoms with Gasteiger partial charge in [-0.25, -0.2) is 0 Å². The van der Waals surface area contributed by atoms with E-state index in [0.717, 1.165) is 19.3 Å². The molecule has 1 aliphatic rings. The molecular weight excluding hydrogens is 232 g/mol. The van der Waals surface area contributed by atoms with Crippen LogP contribution in [0.2, 0.25) is 0 Å². The second-order valence-corrected chi connectivity index (χ2v) is 5.12. The van der Waals surface area contributed by atoms with Gasteiger partial charge in [-0.1, -0.05) is 32.6 Å². The van der Waals surface area contributed by atoms with Crippen molar-refractivity contribution in [2.24, 2.45) is 11.8 Å². The highest BCUT2D eigenvalue weighted by atomic mass is 16.6. The number of esters is 2. The summed E-state index contributed by atoms with van der Waals surface area (Å²) in [6, 6.07) is 0. The van der Waals surface area contributed by atoms with Crippen LogP contribution in [0.3, 0.4) is 0 Å². The Morgan fingerprint density at radius 3 is 2.33 bits per heavy atom. The van der Waals surface area contributed by atoms with Crippen molar-refractivity contribution in [3.05, 3.63) is 0 Å². The van der Waals surface area contributed by atoms with Crippen molar-refractivity contribution in [1.82, 2.24) is 0 Å². The minimum absolute atomic E-state index is 0.145. The Morgan fingerprint density at radius 2 is 1.83 bits per heavy atom. The zero-order valence-corrected chi connectivity index (χ0v) is 11.6. The summed E-state index contributed by atoms with van der Waals surface area (Å²) in [5.41, 5.74) is 0. The quantitative estimate of drug-likeness (QED) is 0.541. The number of hydrogen-bond donors (Lipinski definition) is 0. The molecule has 0 N–H and O–H groups in total. The maximum absolute atomic E-state index is 12.0. The second kappa shape index (κ2) is 7.39. The Hall–Kier alpha value is -1.06. The fourth-order valence-corrected chi connectivity index (χ4v) is 2.37. The van der Waals surface area contributed by atoms with Crippen LogP contribution in [-0.4, -0.2) is 25.2 Å². The molecule has 2 unspecified atom stereocenters. The van der Waals surface area contributed by atoms with Crippen molar-refractivity contribution >= 4 is 11.9 Å². The van der Waals surface area contributed by atoms with Gasteiger partial charge in [0.1, 0.15) is 0 Å². The highest BCUT2D eigenvalue weighted by Gasteiger charge is 2.33. The van der Waals surface area contributed by atoms with E-state index in [1.807, 2.05) is 13.8 Å². The molecule has 1 aliphatic carbocycles. The number of methoxy groups -OCH3 is 1. The molecule has 0 bridgehead atoms. The molecule has 1 saturated carbocycles. The van der Waals surface area contributed by atoms with E-state index < -0.39 is 17.9 Å². The van der Waals surface area contributed by atoms with Gasteiger partial charge >= 0.3 is 11.9 Å². The number of hydrogen-bond acceptors (Lipinski definition) is 4. The van der Waals surface area contributed by atoms with Crippen LogP contribution in [0.25, 0.3) is 0 Å². The summed E-state index contributed by atoms with van der Waals surface area (Å²) in [6.07, 6.45) is 5.77. The molecule has 0 spiro atoms. The van der Waals surface area contributed by atoms with E-state index in [1.165, 1.54) is 20.0 Å². The van der Waals surface area contributed by atoms with Gasteiger partial charge in [0.2, 0.25) is 0 Å². The van der Waals surface area contributed by atoms with Gasteiger partial charge in [-0.05, 0) is 25.7 Å². The molecule has 0 amide bonds. The Balaban J connectivity index is 2.58. The van der Waals surface area contributed by atoms with E-state index in [9.17, 15) is 9.59 Å².